The van der Waals surface area contributed by atoms with Crippen LogP contribution in [0.2, 0.25) is 0 Å². The molecule has 1 aromatic carbocycles. The first kappa shape index (κ1) is 16.1. The Balaban J connectivity index is 1.64. The molecular formula is C18H23FN2O2. The minimum Gasteiger partial charge on any atom is -0.444 e. The molecule has 4 nitrogen and oxygen atoms in total. The quantitative estimate of drug-likeness (QED) is 0.865. The van der Waals surface area contributed by atoms with Crippen molar-refractivity contribution in [3.05, 3.63) is 53.5 Å². The second-order valence-electron chi connectivity index (χ2n) is 7.01. The van der Waals surface area contributed by atoms with Gasteiger partial charge in [-0.2, -0.15) is 0 Å². The summed E-state index contributed by atoms with van der Waals surface area (Å²) < 4.78 is 24.7. The average Bonchev–Trinajstić information content (AvgIpc) is 2.97. The molecule has 0 N–H and O–H groups in total. The molecule has 1 aliphatic heterocycles. The highest BCUT2D eigenvalue weighted by Gasteiger charge is 2.24. The van der Waals surface area contributed by atoms with E-state index in [4.69, 9.17) is 9.15 Å². The third-order valence-corrected chi connectivity index (χ3v) is 4.04. The van der Waals surface area contributed by atoms with Gasteiger partial charge >= 0.3 is 0 Å². The molecule has 3 rings (SSSR count). The maximum Gasteiger partial charge on any atom is 0.208 e. The first-order chi connectivity index (χ1) is 10.9. The minimum absolute atomic E-state index is 0.0348. The van der Waals surface area contributed by atoms with Gasteiger partial charge in [-0.1, -0.05) is 32.9 Å². The normalized spacial score (nSPS) is 19.9. The molecule has 0 radical (unpaired) electrons. The topological polar surface area (TPSA) is 38.5 Å². The van der Waals surface area contributed by atoms with Gasteiger partial charge in [0.25, 0.3) is 0 Å². The molecule has 0 spiro atoms. The van der Waals surface area contributed by atoms with Crippen molar-refractivity contribution in [2.45, 2.75) is 38.8 Å². The van der Waals surface area contributed by atoms with Crippen molar-refractivity contribution in [1.82, 2.24) is 9.88 Å². The number of aromatic nitrogens is 1. The van der Waals surface area contributed by atoms with Crippen LogP contribution in [0.25, 0.3) is 0 Å². The molecule has 5 heteroatoms. The van der Waals surface area contributed by atoms with E-state index in [0.717, 1.165) is 30.3 Å². The monoisotopic (exact) mass is 318 g/mol. The zero-order valence-corrected chi connectivity index (χ0v) is 13.9. The fourth-order valence-corrected chi connectivity index (χ4v) is 2.65. The molecule has 0 bridgehead atoms. The van der Waals surface area contributed by atoms with Crippen LogP contribution in [0.15, 0.2) is 34.9 Å². The van der Waals surface area contributed by atoms with Crippen LogP contribution < -0.4 is 0 Å². The Morgan fingerprint density at radius 2 is 2.00 bits per heavy atom. The molecule has 1 fully saturated rings. The minimum atomic E-state index is -0.226. The lowest BCUT2D eigenvalue weighted by atomic mass is 9.94. The van der Waals surface area contributed by atoms with E-state index in [1.807, 2.05) is 6.20 Å². The highest BCUT2D eigenvalue weighted by molar-refractivity contribution is 5.19. The summed E-state index contributed by atoms with van der Waals surface area (Å²) in [5.41, 5.74) is 0.964. The zero-order chi connectivity index (χ0) is 16.4. The summed E-state index contributed by atoms with van der Waals surface area (Å²) in [5, 5.41) is 0. The lowest BCUT2D eigenvalue weighted by Crippen LogP contribution is -2.37. The predicted octanol–water partition coefficient (Wildman–Crippen LogP) is 3.68. The summed E-state index contributed by atoms with van der Waals surface area (Å²) >= 11 is 0. The predicted molar refractivity (Wildman–Crippen MR) is 85.6 cm³/mol. The van der Waals surface area contributed by atoms with E-state index in [1.165, 1.54) is 12.1 Å². The Morgan fingerprint density at radius 1 is 1.26 bits per heavy atom. The maximum atomic E-state index is 13.0. The molecule has 23 heavy (non-hydrogen) atoms. The zero-order valence-electron chi connectivity index (χ0n) is 13.9. The van der Waals surface area contributed by atoms with E-state index in [-0.39, 0.29) is 17.3 Å². The van der Waals surface area contributed by atoms with Crippen LogP contribution in [0, 0.1) is 5.82 Å². The standard InChI is InChI=1S/C18H23FN2O2/c1-18(2,3)16-10-20-17(23-16)12-21-8-9-22-15(11-21)13-4-6-14(19)7-5-13/h4-7,10,15H,8-9,11-12H2,1-3H3/t15-/m1/s1. The summed E-state index contributed by atoms with van der Waals surface area (Å²) in [6.45, 7) is 9.22. The number of halogens is 1. The Morgan fingerprint density at radius 3 is 2.65 bits per heavy atom. The summed E-state index contributed by atoms with van der Waals surface area (Å²) in [6, 6.07) is 6.52. The number of hydrogen-bond donors (Lipinski definition) is 0. The van der Waals surface area contributed by atoms with Gasteiger partial charge in [-0.25, -0.2) is 9.37 Å². The van der Waals surface area contributed by atoms with Gasteiger partial charge in [0.2, 0.25) is 5.89 Å². The van der Waals surface area contributed by atoms with Crippen molar-refractivity contribution in [3.63, 3.8) is 0 Å². The Bertz CT molecular complexity index is 646. The van der Waals surface area contributed by atoms with Crippen LogP contribution in [0.5, 0.6) is 0 Å². The molecule has 1 aliphatic rings. The smallest absolute Gasteiger partial charge is 0.208 e. The fourth-order valence-electron chi connectivity index (χ4n) is 2.65. The number of benzene rings is 1. The van der Waals surface area contributed by atoms with Gasteiger partial charge in [-0.15, -0.1) is 0 Å². The number of morpholine rings is 1. The maximum absolute atomic E-state index is 13.0. The number of nitrogens with zero attached hydrogens (tertiary/aromatic N) is 2. The SMILES string of the molecule is CC(C)(C)c1cnc(CN2CCO[C@@H](c3ccc(F)cc3)C2)o1. The van der Waals surface area contributed by atoms with Gasteiger partial charge in [0, 0.05) is 18.5 Å². The Labute approximate surface area is 136 Å². The van der Waals surface area contributed by atoms with Crippen LogP contribution in [0.3, 0.4) is 0 Å². The number of ether oxygens (including phenoxy) is 1. The molecule has 1 aromatic heterocycles. The summed E-state index contributed by atoms with van der Waals surface area (Å²) in [7, 11) is 0. The molecule has 1 atom stereocenters. The molecule has 124 valence electrons. The summed E-state index contributed by atoms with van der Waals surface area (Å²) in [4.78, 5) is 6.65. The highest BCUT2D eigenvalue weighted by atomic mass is 19.1. The lowest BCUT2D eigenvalue weighted by Gasteiger charge is -2.32. The number of rotatable bonds is 3. The lowest BCUT2D eigenvalue weighted by molar-refractivity contribution is -0.0353. The van der Waals surface area contributed by atoms with E-state index in [2.05, 4.69) is 30.7 Å². The average molecular weight is 318 g/mol. The van der Waals surface area contributed by atoms with Gasteiger partial charge in [-0.3, -0.25) is 4.90 Å². The van der Waals surface area contributed by atoms with Crippen molar-refractivity contribution in [3.8, 4) is 0 Å². The summed E-state index contributed by atoms with van der Waals surface area (Å²) in [6.07, 6.45) is 1.77. The Kier molecular flexibility index (Phi) is 4.50. The van der Waals surface area contributed by atoms with Crippen LogP contribution in [0.4, 0.5) is 4.39 Å². The third kappa shape index (κ3) is 3.98. The molecule has 0 amide bonds. The first-order valence-electron chi connectivity index (χ1n) is 7.96. The van der Waals surface area contributed by atoms with Crippen molar-refractivity contribution in [2.24, 2.45) is 0 Å². The van der Waals surface area contributed by atoms with Crippen LogP contribution in [-0.2, 0) is 16.7 Å². The van der Waals surface area contributed by atoms with E-state index < -0.39 is 0 Å². The van der Waals surface area contributed by atoms with Crippen molar-refractivity contribution < 1.29 is 13.5 Å². The van der Waals surface area contributed by atoms with E-state index in [0.29, 0.717) is 13.2 Å². The van der Waals surface area contributed by atoms with Crippen LogP contribution >= 0.6 is 0 Å². The molecular weight excluding hydrogens is 295 g/mol. The molecule has 0 saturated carbocycles. The molecule has 2 aromatic rings. The van der Waals surface area contributed by atoms with Crippen molar-refractivity contribution >= 4 is 0 Å². The first-order valence-corrected chi connectivity index (χ1v) is 7.96. The molecule has 1 saturated heterocycles. The van der Waals surface area contributed by atoms with E-state index in [1.54, 1.807) is 12.1 Å². The highest BCUT2D eigenvalue weighted by Crippen LogP contribution is 2.25. The van der Waals surface area contributed by atoms with Gasteiger partial charge in [0.05, 0.1) is 25.5 Å². The van der Waals surface area contributed by atoms with Crippen LogP contribution in [-0.4, -0.2) is 29.6 Å². The molecule has 2 heterocycles. The number of oxazole rings is 1. The fraction of sp³-hybridized carbons (Fsp3) is 0.500. The Hall–Kier alpha value is -1.72. The second-order valence-corrected chi connectivity index (χ2v) is 7.01. The van der Waals surface area contributed by atoms with Gasteiger partial charge in [-0.05, 0) is 17.7 Å². The van der Waals surface area contributed by atoms with Gasteiger partial charge in [0.15, 0.2) is 0 Å². The van der Waals surface area contributed by atoms with Crippen molar-refractivity contribution in [2.75, 3.05) is 19.7 Å². The third-order valence-electron chi connectivity index (χ3n) is 4.04. The van der Waals surface area contributed by atoms with Gasteiger partial charge in [0.1, 0.15) is 11.6 Å². The molecule has 0 unspecified atom stereocenters. The molecule has 0 aliphatic carbocycles. The van der Waals surface area contributed by atoms with E-state index >= 15 is 0 Å². The summed E-state index contributed by atoms with van der Waals surface area (Å²) in [5.74, 6) is 1.40. The van der Waals surface area contributed by atoms with E-state index in [9.17, 15) is 4.39 Å². The van der Waals surface area contributed by atoms with Gasteiger partial charge < -0.3 is 9.15 Å². The number of hydrogen-bond acceptors (Lipinski definition) is 4. The van der Waals surface area contributed by atoms with Crippen LogP contribution in [0.1, 0.15) is 44.1 Å². The second kappa shape index (κ2) is 6.42. The largest absolute Gasteiger partial charge is 0.444 e. The van der Waals surface area contributed by atoms with Crippen molar-refractivity contribution in [1.29, 1.82) is 0 Å².